The van der Waals surface area contributed by atoms with E-state index in [0.717, 1.165) is 77.8 Å². The molecule has 4 aromatic rings. The van der Waals surface area contributed by atoms with Gasteiger partial charge < -0.3 is 14.9 Å². The van der Waals surface area contributed by atoms with Crippen LogP contribution in [-0.4, -0.2) is 66.8 Å². The number of anilines is 1. The number of carbonyl (C=O) groups is 1. The van der Waals surface area contributed by atoms with Gasteiger partial charge in [-0.2, -0.15) is 10.4 Å². The van der Waals surface area contributed by atoms with Crippen LogP contribution in [0.15, 0.2) is 55.1 Å². The van der Waals surface area contributed by atoms with Crippen molar-refractivity contribution in [2.24, 2.45) is 5.92 Å². The van der Waals surface area contributed by atoms with E-state index in [1.54, 1.807) is 16.9 Å². The van der Waals surface area contributed by atoms with Gasteiger partial charge in [0.1, 0.15) is 18.0 Å². The highest BCUT2D eigenvalue weighted by Gasteiger charge is 2.45. The summed E-state index contributed by atoms with van der Waals surface area (Å²) in [4.78, 5) is 26.9. The maximum atomic E-state index is 13.4. The molecule has 9 heteroatoms. The number of aliphatic hydroxyl groups excluding tert-OH is 1. The van der Waals surface area contributed by atoms with Gasteiger partial charge in [0.2, 0.25) is 0 Å². The zero-order valence-electron chi connectivity index (χ0n) is 23.9. The van der Waals surface area contributed by atoms with Crippen LogP contribution in [0, 0.1) is 24.2 Å². The third kappa shape index (κ3) is 4.70. The van der Waals surface area contributed by atoms with Gasteiger partial charge in [-0.05, 0) is 74.4 Å². The molecule has 1 saturated carbocycles. The zero-order chi connectivity index (χ0) is 28.8. The smallest absolute Gasteiger partial charge is 0.252 e. The number of hydrogen-bond acceptors (Lipinski definition) is 7. The molecule has 2 bridgehead atoms. The van der Waals surface area contributed by atoms with Crippen molar-refractivity contribution in [3.8, 4) is 28.3 Å². The molecule has 9 nitrogen and oxygen atoms in total. The minimum absolute atomic E-state index is 0.0697. The summed E-state index contributed by atoms with van der Waals surface area (Å²) in [6.45, 7) is 3.40. The molecule has 3 fully saturated rings. The first-order valence-corrected chi connectivity index (χ1v) is 15.1. The number of amides is 1. The summed E-state index contributed by atoms with van der Waals surface area (Å²) in [7, 11) is 0. The maximum absolute atomic E-state index is 13.4. The minimum Gasteiger partial charge on any atom is -0.383 e. The van der Waals surface area contributed by atoms with E-state index in [1.165, 1.54) is 6.42 Å². The summed E-state index contributed by atoms with van der Waals surface area (Å²) in [6, 6.07) is 12.7. The Hall–Kier alpha value is -4.29. The Morgan fingerprint density at radius 1 is 0.976 bits per heavy atom. The fourth-order valence-electron chi connectivity index (χ4n) is 7.29. The van der Waals surface area contributed by atoms with Crippen LogP contribution in [-0.2, 0) is 4.79 Å². The van der Waals surface area contributed by atoms with Crippen molar-refractivity contribution < 1.29 is 9.90 Å². The lowest BCUT2D eigenvalue weighted by Crippen LogP contribution is -2.59. The van der Waals surface area contributed by atoms with Crippen molar-refractivity contribution in [1.82, 2.24) is 24.5 Å². The van der Waals surface area contributed by atoms with E-state index in [-0.39, 0.29) is 23.9 Å². The lowest BCUT2D eigenvalue weighted by atomic mass is 9.84. The van der Waals surface area contributed by atoms with E-state index in [4.69, 9.17) is 4.98 Å². The molecule has 3 atom stereocenters. The number of carbonyl (C=O) groups excluding carboxylic acids is 1. The summed E-state index contributed by atoms with van der Waals surface area (Å²) >= 11 is 0. The minimum atomic E-state index is -0.872. The Kier molecular flexibility index (Phi) is 6.87. The maximum Gasteiger partial charge on any atom is 0.252 e. The van der Waals surface area contributed by atoms with E-state index >= 15 is 0 Å². The molecule has 1 N–H and O–H groups in total. The number of hydrogen-bond donors (Lipinski definition) is 1. The molecule has 1 aliphatic carbocycles. The third-order valence-electron chi connectivity index (χ3n) is 9.43. The number of nitrogens with zero attached hydrogens (tertiary/aromatic N) is 7. The van der Waals surface area contributed by atoms with E-state index in [1.807, 2.05) is 42.4 Å². The monoisotopic (exact) mass is 561 g/mol. The zero-order valence-corrected chi connectivity index (χ0v) is 23.9. The molecule has 1 amide bonds. The highest BCUT2D eigenvalue weighted by Crippen LogP contribution is 2.36. The fourth-order valence-corrected chi connectivity index (χ4v) is 7.29. The highest BCUT2D eigenvalue weighted by atomic mass is 16.3. The fraction of sp³-hybridized carbons (Fsp3) is 0.424. The Morgan fingerprint density at radius 3 is 2.45 bits per heavy atom. The number of aryl methyl sites for hydroxylation is 1. The number of aromatic nitrogens is 4. The van der Waals surface area contributed by atoms with Crippen molar-refractivity contribution >= 4 is 17.2 Å². The first-order valence-electron chi connectivity index (χ1n) is 15.1. The molecule has 0 spiro atoms. The van der Waals surface area contributed by atoms with Crippen LogP contribution in [0.4, 0.5) is 5.82 Å². The summed E-state index contributed by atoms with van der Waals surface area (Å²) in [5.41, 5.74) is 6.00. The molecule has 7 rings (SSSR count). The summed E-state index contributed by atoms with van der Waals surface area (Å²) in [6.07, 6.45) is 13.6. The number of piperazine rings is 1. The van der Waals surface area contributed by atoms with Crippen LogP contribution in [0.3, 0.4) is 0 Å². The SMILES string of the molecule is Cc1cc(-c2cc(-c3ccc(N4CC5CCC(C4)N5C(=O)[C@H](O)C4CCCCC4)nc3)c3c(C#N)cnn3c2)ccn1. The molecule has 6 heterocycles. The van der Waals surface area contributed by atoms with Gasteiger partial charge in [0.25, 0.3) is 5.91 Å². The number of rotatable bonds is 5. The molecule has 0 aromatic carbocycles. The van der Waals surface area contributed by atoms with Gasteiger partial charge >= 0.3 is 0 Å². The third-order valence-corrected chi connectivity index (χ3v) is 9.43. The Balaban J connectivity index is 1.14. The largest absolute Gasteiger partial charge is 0.383 e. The first kappa shape index (κ1) is 26.6. The molecule has 4 aromatic heterocycles. The number of nitriles is 1. The quantitative estimate of drug-likeness (QED) is 0.374. The average molecular weight is 562 g/mol. The normalized spacial score (nSPS) is 21.5. The van der Waals surface area contributed by atoms with Crippen molar-refractivity contribution in [3.63, 3.8) is 0 Å². The predicted octanol–water partition coefficient (Wildman–Crippen LogP) is 4.76. The van der Waals surface area contributed by atoms with Gasteiger partial charge in [0, 0.05) is 66.1 Å². The van der Waals surface area contributed by atoms with Crippen LogP contribution >= 0.6 is 0 Å². The number of aliphatic hydroxyl groups is 1. The summed E-state index contributed by atoms with van der Waals surface area (Å²) in [5, 5.41) is 25.2. The molecule has 2 unspecified atom stereocenters. The van der Waals surface area contributed by atoms with Gasteiger partial charge in [-0.15, -0.1) is 0 Å². The molecular formula is C33H35N7O2. The van der Waals surface area contributed by atoms with Gasteiger partial charge in [0.15, 0.2) is 0 Å². The Labute approximate surface area is 245 Å². The second kappa shape index (κ2) is 10.8. The van der Waals surface area contributed by atoms with Crippen LogP contribution in [0.2, 0.25) is 0 Å². The standard InChI is InChI=1S/C33H35N7O2/c1-21-13-23(11-12-35-21)25-14-29(31-26(15-34)17-37-39(31)18-25)24-7-10-30(36-16-24)38-19-27-8-9-28(20-38)40(27)33(42)32(41)22-5-3-2-4-6-22/h7,10-14,16-18,22,27-28,32,41H,2-6,8-9,19-20H2,1H3/t27?,28?,32-/m1/s1. The van der Waals surface area contributed by atoms with Crippen LogP contribution in [0.1, 0.15) is 56.2 Å². The van der Waals surface area contributed by atoms with Crippen LogP contribution < -0.4 is 4.90 Å². The van der Waals surface area contributed by atoms with Gasteiger partial charge in [-0.25, -0.2) is 9.50 Å². The van der Waals surface area contributed by atoms with E-state index in [2.05, 4.69) is 33.2 Å². The molecule has 42 heavy (non-hydrogen) atoms. The van der Waals surface area contributed by atoms with Crippen LogP contribution in [0.25, 0.3) is 27.8 Å². The molecule has 214 valence electrons. The average Bonchev–Trinajstić information content (AvgIpc) is 3.57. The highest BCUT2D eigenvalue weighted by molar-refractivity contribution is 5.87. The van der Waals surface area contributed by atoms with E-state index < -0.39 is 6.10 Å². The molecular weight excluding hydrogens is 526 g/mol. The molecule has 2 saturated heterocycles. The number of pyridine rings is 3. The second-order valence-corrected chi connectivity index (χ2v) is 12.1. The lowest BCUT2D eigenvalue weighted by Gasteiger charge is -2.43. The van der Waals surface area contributed by atoms with Crippen molar-refractivity contribution in [2.75, 3.05) is 18.0 Å². The lowest BCUT2D eigenvalue weighted by molar-refractivity contribution is -0.147. The van der Waals surface area contributed by atoms with E-state index in [9.17, 15) is 15.2 Å². The number of fused-ring (bicyclic) bond motifs is 3. The van der Waals surface area contributed by atoms with Gasteiger partial charge in [-0.1, -0.05) is 19.3 Å². The van der Waals surface area contributed by atoms with Gasteiger partial charge in [0.05, 0.1) is 17.3 Å². The molecule has 2 aliphatic heterocycles. The first-order chi connectivity index (χ1) is 20.5. The second-order valence-electron chi connectivity index (χ2n) is 12.1. The van der Waals surface area contributed by atoms with Crippen molar-refractivity contribution in [3.05, 3.63) is 66.4 Å². The van der Waals surface area contributed by atoms with Gasteiger partial charge in [-0.3, -0.25) is 9.78 Å². The van der Waals surface area contributed by atoms with Crippen LogP contribution in [0.5, 0.6) is 0 Å². The summed E-state index contributed by atoms with van der Waals surface area (Å²) in [5.74, 6) is 0.907. The Morgan fingerprint density at radius 2 is 1.76 bits per heavy atom. The topological polar surface area (TPSA) is 111 Å². The molecule has 3 aliphatic rings. The van der Waals surface area contributed by atoms with Crippen molar-refractivity contribution in [2.45, 2.75) is 70.1 Å². The summed E-state index contributed by atoms with van der Waals surface area (Å²) < 4.78 is 1.77. The molecule has 0 radical (unpaired) electrons. The Bertz CT molecular complexity index is 1650. The predicted molar refractivity (Wildman–Crippen MR) is 160 cm³/mol. The van der Waals surface area contributed by atoms with E-state index in [0.29, 0.717) is 18.7 Å². The van der Waals surface area contributed by atoms with Crippen molar-refractivity contribution in [1.29, 1.82) is 5.26 Å².